The lowest BCUT2D eigenvalue weighted by molar-refractivity contribution is 0.424. The maximum atomic E-state index is 3.69. The fourth-order valence-electron chi connectivity index (χ4n) is 1.75. The molecule has 0 aliphatic carbocycles. The summed E-state index contributed by atoms with van der Waals surface area (Å²) in [5.74, 6) is 0. The van der Waals surface area contributed by atoms with Crippen LogP contribution in [0.1, 0.15) is 26.3 Å². The Morgan fingerprint density at radius 3 is 2.24 bits per heavy atom. The number of benzene rings is 2. The molecule has 0 aliphatic heterocycles. The van der Waals surface area contributed by atoms with Crippen LogP contribution in [0.25, 0.3) is 0 Å². The van der Waals surface area contributed by atoms with Crippen molar-refractivity contribution in [2.45, 2.75) is 42.6 Å². The molecule has 0 saturated carbocycles. The predicted molar refractivity (Wildman–Crippen MR) is 99.0 cm³/mol. The minimum atomic E-state index is 0.134. The molecule has 0 aliphatic rings. The average Bonchev–Trinajstić information content (AvgIpc) is 2.41. The first-order valence-electron chi connectivity index (χ1n) is 6.81. The summed E-state index contributed by atoms with van der Waals surface area (Å²) in [5.41, 5.74) is 1.42. The van der Waals surface area contributed by atoms with Gasteiger partial charge in [-0.05, 0) is 82.5 Å². The number of halogens is 2. The number of hydrogen-bond acceptors (Lipinski definition) is 2. The van der Waals surface area contributed by atoms with E-state index < -0.39 is 0 Å². The molecule has 0 radical (unpaired) electrons. The Morgan fingerprint density at radius 1 is 0.952 bits per heavy atom. The summed E-state index contributed by atoms with van der Waals surface area (Å²) < 4.78 is 2.26. The van der Waals surface area contributed by atoms with E-state index in [-0.39, 0.29) is 5.54 Å². The topological polar surface area (TPSA) is 12.0 Å². The van der Waals surface area contributed by atoms with Crippen molar-refractivity contribution in [1.29, 1.82) is 0 Å². The second kappa shape index (κ2) is 7.32. The molecule has 21 heavy (non-hydrogen) atoms. The van der Waals surface area contributed by atoms with Gasteiger partial charge < -0.3 is 5.32 Å². The van der Waals surface area contributed by atoms with Crippen LogP contribution in [0.5, 0.6) is 0 Å². The highest BCUT2D eigenvalue weighted by molar-refractivity contribution is 9.11. The van der Waals surface area contributed by atoms with Gasteiger partial charge in [-0.1, -0.05) is 30.0 Å². The SMILES string of the molecule is CC(C)(C)NCc1ccc(Sc2ccccc2Br)c(Br)c1. The highest BCUT2D eigenvalue weighted by Gasteiger charge is 2.10. The van der Waals surface area contributed by atoms with E-state index in [2.05, 4.69) is 94.3 Å². The molecule has 4 heteroatoms. The smallest absolute Gasteiger partial charge is 0.0318 e. The Bertz CT molecular complexity index is 620. The fraction of sp³-hybridized carbons (Fsp3) is 0.294. The van der Waals surface area contributed by atoms with Gasteiger partial charge >= 0.3 is 0 Å². The van der Waals surface area contributed by atoms with Crippen molar-refractivity contribution < 1.29 is 0 Å². The summed E-state index contributed by atoms with van der Waals surface area (Å²) in [4.78, 5) is 2.44. The molecule has 2 rings (SSSR count). The fourth-order valence-corrected chi connectivity index (χ4v) is 3.79. The minimum Gasteiger partial charge on any atom is -0.308 e. The third-order valence-corrected chi connectivity index (χ3v) is 5.90. The lowest BCUT2D eigenvalue weighted by Gasteiger charge is -2.20. The van der Waals surface area contributed by atoms with Crippen molar-refractivity contribution in [2.75, 3.05) is 0 Å². The third-order valence-electron chi connectivity index (χ3n) is 2.88. The number of hydrogen-bond donors (Lipinski definition) is 1. The molecular formula is C17H19Br2NS. The van der Waals surface area contributed by atoms with Gasteiger partial charge in [0.2, 0.25) is 0 Å². The van der Waals surface area contributed by atoms with Crippen LogP contribution in [0, 0.1) is 0 Å². The summed E-state index contributed by atoms with van der Waals surface area (Å²) in [5, 5.41) is 3.51. The standard InChI is InChI=1S/C17H19Br2NS/c1-17(2,3)20-11-12-8-9-16(14(19)10-12)21-15-7-5-4-6-13(15)18/h4-10,20H,11H2,1-3H3. The van der Waals surface area contributed by atoms with E-state index in [4.69, 9.17) is 0 Å². The van der Waals surface area contributed by atoms with E-state index in [0.717, 1.165) is 15.5 Å². The van der Waals surface area contributed by atoms with E-state index >= 15 is 0 Å². The monoisotopic (exact) mass is 427 g/mol. The molecule has 1 nitrogen and oxygen atoms in total. The predicted octanol–water partition coefficient (Wildman–Crippen LogP) is 6.25. The third kappa shape index (κ3) is 5.44. The van der Waals surface area contributed by atoms with Gasteiger partial charge in [-0.15, -0.1) is 0 Å². The Balaban J connectivity index is 2.11. The van der Waals surface area contributed by atoms with Gasteiger partial charge in [0.25, 0.3) is 0 Å². The second-order valence-corrected chi connectivity index (χ2v) is 8.69. The van der Waals surface area contributed by atoms with Crippen molar-refractivity contribution >= 4 is 43.6 Å². The van der Waals surface area contributed by atoms with Crippen molar-refractivity contribution in [2.24, 2.45) is 0 Å². The highest BCUT2D eigenvalue weighted by atomic mass is 79.9. The summed E-state index contributed by atoms with van der Waals surface area (Å²) in [6, 6.07) is 14.8. The van der Waals surface area contributed by atoms with Crippen LogP contribution in [-0.4, -0.2) is 5.54 Å². The molecule has 0 bridgehead atoms. The zero-order valence-corrected chi connectivity index (χ0v) is 16.4. The number of nitrogens with one attached hydrogen (secondary N) is 1. The second-order valence-electron chi connectivity index (χ2n) is 5.90. The van der Waals surface area contributed by atoms with Crippen molar-refractivity contribution in [1.82, 2.24) is 5.32 Å². The van der Waals surface area contributed by atoms with Gasteiger partial charge in [0, 0.05) is 30.8 Å². The van der Waals surface area contributed by atoms with E-state index in [1.807, 2.05) is 6.07 Å². The molecule has 0 heterocycles. The molecule has 1 N–H and O–H groups in total. The molecule has 0 aromatic heterocycles. The molecule has 0 atom stereocenters. The first kappa shape index (κ1) is 17.1. The van der Waals surface area contributed by atoms with E-state index in [0.29, 0.717) is 0 Å². The average molecular weight is 429 g/mol. The van der Waals surface area contributed by atoms with Gasteiger partial charge in [-0.25, -0.2) is 0 Å². The summed E-state index contributed by atoms with van der Waals surface area (Å²) >= 11 is 9.04. The Morgan fingerprint density at radius 2 is 1.62 bits per heavy atom. The lowest BCUT2D eigenvalue weighted by atomic mass is 10.1. The van der Waals surface area contributed by atoms with Crippen LogP contribution >= 0.6 is 43.6 Å². The van der Waals surface area contributed by atoms with E-state index in [9.17, 15) is 0 Å². The maximum absolute atomic E-state index is 3.69. The van der Waals surface area contributed by atoms with E-state index in [1.165, 1.54) is 15.4 Å². The van der Waals surface area contributed by atoms with E-state index in [1.54, 1.807) is 11.8 Å². The first-order chi connectivity index (χ1) is 9.85. The number of rotatable bonds is 4. The Hall–Kier alpha value is -0.290. The van der Waals surface area contributed by atoms with Crippen molar-refractivity contribution in [3.8, 4) is 0 Å². The van der Waals surface area contributed by atoms with Crippen molar-refractivity contribution in [3.05, 3.63) is 57.0 Å². The maximum Gasteiger partial charge on any atom is 0.0318 e. The van der Waals surface area contributed by atoms with Gasteiger partial charge in [0.05, 0.1) is 0 Å². The van der Waals surface area contributed by atoms with Crippen LogP contribution in [-0.2, 0) is 6.54 Å². The Labute approximate surface area is 148 Å². The molecule has 112 valence electrons. The summed E-state index contributed by atoms with van der Waals surface area (Å²) in [6.07, 6.45) is 0. The largest absolute Gasteiger partial charge is 0.308 e. The van der Waals surface area contributed by atoms with Crippen molar-refractivity contribution in [3.63, 3.8) is 0 Å². The minimum absolute atomic E-state index is 0.134. The van der Waals surface area contributed by atoms with Gasteiger partial charge in [0.1, 0.15) is 0 Å². The highest BCUT2D eigenvalue weighted by Crippen LogP contribution is 2.37. The lowest BCUT2D eigenvalue weighted by Crippen LogP contribution is -2.35. The van der Waals surface area contributed by atoms with Crippen LogP contribution in [0.4, 0.5) is 0 Å². The summed E-state index contributed by atoms with van der Waals surface area (Å²) in [6.45, 7) is 7.42. The van der Waals surface area contributed by atoms with Crippen LogP contribution in [0.3, 0.4) is 0 Å². The van der Waals surface area contributed by atoms with Crippen LogP contribution in [0.15, 0.2) is 61.2 Å². The van der Waals surface area contributed by atoms with Gasteiger partial charge in [0.15, 0.2) is 0 Å². The molecular weight excluding hydrogens is 410 g/mol. The first-order valence-corrected chi connectivity index (χ1v) is 9.21. The Kier molecular flexibility index (Phi) is 5.95. The zero-order chi connectivity index (χ0) is 15.5. The molecule has 0 saturated heterocycles. The van der Waals surface area contributed by atoms with Gasteiger partial charge in [-0.3, -0.25) is 0 Å². The molecule has 2 aromatic rings. The molecule has 0 unspecified atom stereocenters. The van der Waals surface area contributed by atoms with Crippen LogP contribution in [0.2, 0.25) is 0 Å². The molecule has 2 aromatic carbocycles. The van der Waals surface area contributed by atoms with Crippen LogP contribution < -0.4 is 5.32 Å². The summed E-state index contributed by atoms with van der Waals surface area (Å²) in [7, 11) is 0. The molecule has 0 amide bonds. The normalized spacial score (nSPS) is 11.7. The molecule has 0 fully saturated rings. The molecule has 0 spiro atoms. The zero-order valence-electron chi connectivity index (χ0n) is 12.4. The quantitative estimate of drug-likeness (QED) is 0.617. The van der Waals surface area contributed by atoms with Gasteiger partial charge in [-0.2, -0.15) is 0 Å².